The summed E-state index contributed by atoms with van der Waals surface area (Å²) in [5, 5.41) is 18.0. The molecule has 0 unspecified atom stereocenters. The van der Waals surface area contributed by atoms with Crippen molar-refractivity contribution in [3.05, 3.63) is 146 Å². The second kappa shape index (κ2) is 8.84. The fourth-order valence-corrected chi connectivity index (χ4v) is 8.93. The summed E-state index contributed by atoms with van der Waals surface area (Å²) in [5.41, 5.74) is 5.73. The third-order valence-corrected chi connectivity index (χ3v) is 11.3. The summed E-state index contributed by atoms with van der Waals surface area (Å²) >= 11 is 0. The van der Waals surface area contributed by atoms with Gasteiger partial charge in [0.05, 0.1) is 18.1 Å². The summed E-state index contributed by atoms with van der Waals surface area (Å²) in [5.74, 6) is 0. The molecular weight excluding hydrogens is 505 g/mol. The van der Waals surface area contributed by atoms with Crippen LogP contribution in [0.1, 0.15) is 0 Å². The number of H-pyrrole nitrogens is 1. The van der Waals surface area contributed by atoms with E-state index in [0.717, 1.165) is 38.0 Å². The summed E-state index contributed by atoms with van der Waals surface area (Å²) in [4.78, 5) is 3.62. The van der Waals surface area contributed by atoms with Gasteiger partial charge < -0.3 is 14.7 Å². The lowest BCUT2D eigenvalue weighted by molar-refractivity contribution is 1.19. The molecule has 0 amide bonds. The zero-order valence-electron chi connectivity index (χ0n) is 21.8. The molecule has 0 radical (unpaired) electrons. The minimum atomic E-state index is -2.58. The largest absolute Gasteiger partial charge is 0.355 e. The number of nitrogens with zero attached hydrogens (tertiary/aromatic N) is 1. The fraction of sp³-hybridized carbons (Fsp3) is 0. The highest BCUT2D eigenvalue weighted by molar-refractivity contribution is 7.86. The second-order valence-electron chi connectivity index (χ2n) is 10.3. The third-order valence-electron chi connectivity index (χ3n) is 8.08. The number of aromatic nitrogens is 2. The van der Waals surface area contributed by atoms with E-state index < -0.39 is 7.05 Å². The Kier molecular flexibility index (Phi) is 5.10. The molecule has 0 aliphatic carbocycles. The number of hydrogen-bond acceptors (Lipinski definition) is 1. The molecular formula is C36H26N3P. The van der Waals surface area contributed by atoms with Crippen LogP contribution < -0.4 is 15.9 Å². The van der Waals surface area contributed by atoms with Gasteiger partial charge in [0.2, 0.25) is 0 Å². The fourth-order valence-electron chi connectivity index (χ4n) is 6.17. The number of fused-ring (bicyclic) bond motifs is 6. The van der Waals surface area contributed by atoms with Crippen LogP contribution >= 0.6 is 7.05 Å². The predicted molar refractivity (Wildman–Crippen MR) is 172 cm³/mol. The molecule has 0 saturated carbocycles. The van der Waals surface area contributed by atoms with E-state index in [1.54, 1.807) is 0 Å². The Bertz CT molecular complexity index is 2140. The smallest absolute Gasteiger partial charge is 0.0541 e. The number of nitrogens with one attached hydrogen (secondary N) is 2. The van der Waals surface area contributed by atoms with Crippen molar-refractivity contribution in [2.24, 2.45) is 0 Å². The van der Waals surface area contributed by atoms with Gasteiger partial charge in [-0.3, -0.25) is 0 Å². The first-order valence-electron chi connectivity index (χ1n) is 13.5. The lowest BCUT2D eigenvalue weighted by Crippen LogP contribution is -2.24. The van der Waals surface area contributed by atoms with Crippen molar-refractivity contribution < 1.29 is 0 Å². The number of rotatable bonds is 4. The van der Waals surface area contributed by atoms with Crippen molar-refractivity contribution >= 4 is 66.6 Å². The third kappa shape index (κ3) is 3.35. The van der Waals surface area contributed by atoms with Crippen LogP contribution in [0.5, 0.6) is 0 Å². The van der Waals surface area contributed by atoms with Gasteiger partial charge >= 0.3 is 0 Å². The summed E-state index contributed by atoms with van der Waals surface area (Å²) in [6.07, 6.45) is 0. The SMILES string of the molecule is N=P(c1ccccc1)(c1ccccc1)c1ccc2[nH]c3ccc(-n4c5ccccc5c5ccccc54)cc3c2c1. The molecule has 2 heterocycles. The van der Waals surface area contributed by atoms with Crippen LogP contribution in [0.4, 0.5) is 0 Å². The van der Waals surface area contributed by atoms with Crippen LogP contribution in [0.2, 0.25) is 0 Å². The molecule has 190 valence electrons. The van der Waals surface area contributed by atoms with Crippen LogP contribution in [-0.4, -0.2) is 9.55 Å². The minimum Gasteiger partial charge on any atom is -0.355 e. The maximum atomic E-state index is 10.0. The Hall–Kier alpha value is -4.85. The van der Waals surface area contributed by atoms with Crippen LogP contribution in [0, 0.1) is 5.16 Å². The minimum absolute atomic E-state index is 1.06. The summed E-state index contributed by atoms with van der Waals surface area (Å²) in [6.45, 7) is 0. The number of hydrogen-bond donors (Lipinski definition) is 2. The maximum Gasteiger partial charge on any atom is 0.0541 e. The normalized spacial score (nSPS) is 12.1. The van der Waals surface area contributed by atoms with Gasteiger partial charge in [-0.05, 0) is 53.1 Å². The molecule has 2 N–H and O–H groups in total. The highest BCUT2D eigenvalue weighted by Gasteiger charge is 2.25. The first-order chi connectivity index (χ1) is 19.7. The van der Waals surface area contributed by atoms with Crippen LogP contribution in [0.3, 0.4) is 0 Å². The molecule has 0 atom stereocenters. The molecule has 4 heteroatoms. The van der Waals surface area contributed by atoms with Crippen LogP contribution in [0.25, 0.3) is 49.3 Å². The summed E-state index contributed by atoms with van der Waals surface area (Å²) in [7, 11) is -2.58. The molecule has 0 fully saturated rings. The Morgan fingerprint density at radius 3 is 1.55 bits per heavy atom. The quantitative estimate of drug-likeness (QED) is 0.214. The predicted octanol–water partition coefficient (Wildman–Crippen LogP) is 8.47. The second-order valence-corrected chi connectivity index (χ2v) is 13.2. The number of aromatic amines is 1. The lowest BCUT2D eigenvalue weighted by atomic mass is 10.1. The van der Waals surface area contributed by atoms with Gasteiger partial charge in [0.25, 0.3) is 0 Å². The summed E-state index contributed by atoms with van der Waals surface area (Å²) < 4.78 is 2.36. The molecule has 40 heavy (non-hydrogen) atoms. The van der Waals surface area contributed by atoms with Gasteiger partial charge in [0.1, 0.15) is 0 Å². The molecule has 0 aliphatic rings. The molecule has 6 aromatic carbocycles. The Morgan fingerprint density at radius 1 is 0.450 bits per heavy atom. The first kappa shape index (κ1) is 23.1. The average Bonchev–Trinajstić information content (AvgIpc) is 3.56. The van der Waals surface area contributed by atoms with E-state index in [1.165, 1.54) is 27.2 Å². The highest BCUT2D eigenvalue weighted by atomic mass is 31.2. The van der Waals surface area contributed by atoms with Crippen LogP contribution in [0.15, 0.2) is 146 Å². The number of benzene rings is 6. The molecule has 8 aromatic rings. The van der Waals surface area contributed by atoms with E-state index in [0.29, 0.717) is 0 Å². The van der Waals surface area contributed by atoms with Crippen molar-refractivity contribution in [3.63, 3.8) is 0 Å². The van der Waals surface area contributed by atoms with E-state index >= 15 is 0 Å². The zero-order chi connectivity index (χ0) is 26.7. The maximum absolute atomic E-state index is 10.0. The van der Waals surface area contributed by atoms with Crippen LogP contribution in [-0.2, 0) is 0 Å². The molecule has 0 spiro atoms. The standard InChI is InChI=1S/C36H26N3P/c37-40(26-11-3-1-4-12-26,27-13-5-2-6-14-27)28-20-22-34-32(24-28)31-23-25(19-21-33(31)38-34)39-35-17-9-7-15-29(35)30-16-8-10-18-36(30)39/h1-24,37-38H. The summed E-state index contributed by atoms with van der Waals surface area (Å²) in [6, 6.07) is 51.1. The van der Waals surface area contributed by atoms with E-state index in [9.17, 15) is 5.16 Å². The molecule has 0 saturated heterocycles. The number of para-hydroxylation sites is 2. The topological polar surface area (TPSA) is 44.6 Å². The zero-order valence-corrected chi connectivity index (χ0v) is 22.6. The van der Waals surface area contributed by atoms with Gasteiger partial charge in [0.15, 0.2) is 0 Å². The monoisotopic (exact) mass is 531 g/mol. The van der Waals surface area contributed by atoms with Crippen molar-refractivity contribution in [1.29, 1.82) is 5.16 Å². The van der Waals surface area contributed by atoms with Crippen molar-refractivity contribution in [3.8, 4) is 5.69 Å². The van der Waals surface area contributed by atoms with Crippen molar-refractivity contribution in [2.75, 3.05) is 0 Å². The van der Waals surface area contributed by atoms with Crippen molar-refractivity contribution in [1.82, 2.24) is 9.55 Å². The van der Waals surface area contributed by atoms with Gasteiger partial charge in [-0.25, -0.2) is 0 Å². The average molecular weight is 532 g/mol. The highest BCUT2D eigenvalue weighted by Crippen LogP contribution is 2.44. The Labute approximate surface area is 232 Å². The molecule has 0 bridgehead atoms. The molecule has 3 nitrogen and oxygen atoms in total. The molecule has 8 rings (SSSR count). The van der Waals surface area contributed by atoms with Gasteiger partial charge in [-0.2, -0.15) is 0 Å². The van der Waals surface area contributed by atoms with E-state index in [-0.39, 0.29) is 0 Å². The van der Waals surface area contributed by atoms with E-state index in [2.05, 4.69) is 119 Å². The Balaban J connectivity index is 1.38. The van der Waals surface area contributed by atoms with Gasteiger partial charge in [-0.15, -0.1) is 0 Å². The first-order valence-corrected chi connectivity index (χ1v) is 15.3. The van der Waals surface area contributed by atoms with Gasteiger partial charge in [0, 0.05) is 43.6 Å². The Morgan fingerprint density at radius 2 is 0.950 bits per heavy atom. The van der Waals surface area contributed by atoms with E-state index in [4.69, 9.17) is 0 Å². The molecule has 0 aliphatic heterocycles. The van der Waals surface area contributed by atoms with Gasteiger partial charge in [-0.1, -0.05) is 103 Å². The molecule has 2 aromatic heterocycles. The van der Waals surface area contributed by atoms with Crippen molar-refractivity contribution in [2.45, 2.75) is 0 Å². The van der Waals surface area contributed by atoms with E-state index in [1.807, 2.05) is 36.4 Å². The lowest BCUT2D eigenvalue weighted by Gasteiger charge is -2.24.